The largest absolute Gasteiger partial charge is 0.0625 e. The summed E-state index contributed by atoms with van der Waals surface area (Å²) in [6.07, 6.45) is 7.20. The second kappa shape index (κ2) is 2.32. The molecule has 0 nitrogen and oxygen atoms in total. The molecule has 1 rings (SSSR count). The van der Waals surface area contributed by atoms with Crippen LogP contribution in [0.3, 0.4) is 0 Å². The maximum absolute atomic E-state index is 3.42. The van der Waals surface area contributed by atoms with Gasteiger partial charge in [0, 0.05) is 0 Å². The molecule has 0 heterocycles. The highest BCUT2D eigenvalue weighted by Gasteiger charge is 2.25. The summed E-state index contributed by atoms with van der Waals surface area (Å²) in [7, 11) is 0. The lowest BCUT2D eigenvalue weighted by Crippen LogP contribution is -2.20. The van der Waals surface area contributed by atoms with Crippen molar-refractivity contribution in [1.82, 2.24) is 0 Å². The van der Waals surface area contributed by atoms with Crippen LogP contribution in [-0.2, 0) is 0 Å². The predicted molar refractivity (Wildman–Crippen MR) is 40.0 cm³/mol. The van der Waals surface area contributed by atoms with Crippen molar-refractivity contribution in [2.75, 3.05) is 0 Å². The molecule has 1 saturated carbocycles. The van der Waals surface area contributed by atoms with Gasteiger partial charge in [0.25, 0.3) is 0 Å². The van der Waals surface area contributed by atoms with Gasteiger partial charge in [-0.3, -0.25) is 0 Å². The van der Waals surface area contributed by atoms with E-state index in [1.165, 1.54) is 19.3 Å². The van der Waals surface area contributed by atoms with E-state index in [1.807, 2.05) is 0 Å². The van der Waals surface area contributed by atoms with Crippen molar-refractivity contribution >= 4 is 0 Å². The Kier molecular flexibility index (Phi) is 1.83. The molecule has 0 aromatic heterocycles. The molecule has 0 amide bonds. The van der Waals surface area contributed by atoms with E-state index in [2.05, 4.69) is 27.2 Å². The maximum Gasteiger partial charge on any atom is -0.0165 e. The monoisotopic (exact) mass is 124 g/mol. The Bertz CT molecular complexity index is 92.2. The Balaban J connectivity index is 2.41. The molecule has 0 aliphatic heterocycles. The van der Waals surface area contributed by atoms with Crippen LogP contribution in [0.2, 0.25) is 0 Å². The van der Waals surface area contributed by atoms with E-state index in [0.717, 1.165) is 5.92 Å². The lowest BCUT2D eigenvalue weighted by Gasteiger charge is -2.32. The molecule has 0 aromatic rings. The van der Waals surface area contributed by atoms with Crippen LogP contribution >= 0.6 is 0 Å². The van der Waals surface area contributed by atoms with Gasteiger partial charge in [-0.1, -0.05) is 20.8 Å². The van der Waals surface area contributed by atoms with E-state index < -0.39 is 0 Å². The van der Waals surface area contributed by atoms with Crippen LogP contribution in [0.15, 0.2) is 0 Å². The van der Waals surface area contributed by atoms with Gasteiger partial charge in [0.1, 0.15) is 0 Å². The van der Waals surface area contributed by atoms with Gasteiger partial charge in [-0.25, -0.2) is 0 Å². The average molecular weight is 124 g/mol. The molecule has 1 aliphatic rings. The summed E-state index contributed by atoms with van der Waals surface area (Å²) in [6, 6.07) is 0. The molecule has 1 fully saturated rings. The first-order valence-electron chi connectivity index (χ1n) is 3.81. The third-order valence-corrected chi connectivity index (χ3v) is 2.00. The highest BCUT2D eigenvalue weighted by atomic mass is 14.3. The van der Waals surface area contributed by atoms with Crippen LogP contribution < -0.4 is 0 Å². The molecule has 1 atom stereocenters. The Morgan fingerprint density at radius 3 is 2.44 bits per heavy atom. The van der Waals surface area contributed by atoms with Gasteiger partial charge in [-0.2, -0.15) is 0 Å². The third kappa shape index (κ3) is 2.00. The molecule has 0 N–H and O–H groups in total. The Morgan fingerprint density at radius 2 is 2.11 bits per heavy atom. The van der Waals surface area contributed by atoms with Gasteiger partial charge in [0.2, 0.25) is 0 Å². The van der Waals surface area contributed by atoms with Gasteiger partial charge in [0.15, 0.2) is 0 Å². The van der Waals surface area contributed by atoms with Crippen LogP contribution in [0.25, 0.3) is 0 Å². The van der Waals surface area contributed by atoms with Crippen LogP contribution in [0.5, 0.6) is 0 Å². The van der Waals surface area contributed by atoms with Gasteiger partial charge < -0.3 is 0 Å². The van der Waals surface area contributed by atoms with Crippen molar-refractivity contribution in [2.45, 2.75) is 40.0 Å². The summed E-state index contributed by atoms with van der Waals surface area (Å²) < 4.78 is 0. The molecule has 0 saturated heterocycles. The van der Waals surface area contributed by atoms with Crippen molar-refractivity contribution in [3.05, 3.63) is 6.42 Å². The first-order chi connectivity index (χ1) is 4.10. The summed E-state index contributed by atoms with van der Waals surface area (Å²) in [5.74, 6) is 0.869. The highest BCUT2D eigenvalue weighted by Crippen LogP contribution is 2.37. The van der Waals surface area contributed by atoms with Crippen LogP contribution in [0.4, 0.5) is 0 Å². The van der Waals surface area contributed by atoms with E-state index in [4.69, 9.17) is 0 Å². The summed E-state index contributed by atoms with van der Waals surface area (Å²) in [4.78, 5) is 0. The first kappa shape index (κ1) is 7.11. The average Bonchev–Trinajstić information content (AvgIpc) is 1.60. The Labute approximate surface area is 58.7 Å². The van der Waals surface area contributed by atoms with Gasteiger partial charge in [-0.15, -0.1) is 0 Å². The van der Waals surface area contributed by atoms with Crippen molar-refractivity contribution in [3.8, 4) is 0 Å². The molecule has 9 heavy (non-hydrogen) atoms. The van der Waals surface area contributed by atoms with Crippen molar-refractivity contribution in [1.29, 1.82) is 0 Å². The topological polar surface area (TPSA) is 0 Å². The molecule has 0 aromatic carbocycles. The zero-order valence-corrected chi connectivity index (χ0v) is 6.70. The molecular formula is C9H16. The van der Waals surface area contributed by atoms with E-state index in [-0.39, 0.29) is 0 Å². The molecule has 0 bridgehead atoms. The standard InChI is InChI=1S/C9H16/c1-8-5-4-6-9(2,3)7-8/h8H,5-7H2,1-3H3. The molecular weight excluding hydrogens is 108 g/mol. The number of hydrogen-bond donors (Lipinski definition) is 0. The van der Waals surface area contributed by atoms with E-state index in [1.54, 1.807) is 0 Å². The minimum atomic E-state index is 0.539. The third-order valence-electron chi connectivity index (χ3n) is 2.00. The normalized spacial score (nSPS) is 34.3. The van der Waals surface area contributed by atoms with Gasteiger partial charge >= 0.3 is 0 Å². The molecule has 52 valence electrons. The van der Waals surface area contributed by atoms with E-state index in [9.17, 15) is 0 Å². The van der Waals surface area contributed by atoms with E-state index in [0.29, 0.717) is 5.41 Å². The summed E-state index contributed by atoms with van der Waals surface area (Å²) in [6.45, 7) is 6.97. The lowest BCUT2D eigenvalue weighted by molar-refractivity contribution is 0.231. The van der Waals surface area contributed by atoms with Crippen molar-refractivity contribution in [3.63, 3.8) is 0 Å². The van der Waals surface area contributed by atoms with Gasteiger partial charge in [-0.05, 0) is 37.0 Å². The fourth-order valence-corrected chi connectivity index (χ4v) is 1.74. The predicted octanol–water partition coefficient (Wildman–Crippen LogP) is 2.91. The second-order valence-corrected chi connectivity index (χ2v) is 4.10. The van der Waals surface area contributed by atoms with Crippen LogP contribution in [0, 0.1) is 17.8 Å². The van der Waals surface area contributed by atoms with Crippen molar-refractivity contribution < 1.29 is 0 Å². The minimum Gasteiger partial charge on any atom is -0.0625 e. The lowest BCUT2D eigenvalue weighted by atomic mass is 9.73. The fourth-order valence-electron chi connectivity index (χ4n) is 1.74. The first-order valence-corrected chi connectivity index (χ1v) is 3.81. The highest BCUT2D eigenvalue weighted by molar-refractivity contribution is 4.86. The smallest absolute Gasteiger partial charge is 0.0165 e. The Morgan fingerprint density at radius 1 is 1.44 bits per heavy atom. The summed E-state index contributed by atoms with van der Waals surface area (Å²) in [5, 5.41) is 0. The summed E-state index contributed by atoms with van der Waals surface area (Å²) in [5.41, 5.74) is 0.539. The number of rotatable bonds is 0. The van der Waals surface area contributed by atoms with Gasteiger partial charge in [0.05, 0.1) is 0 Å². The summed E-state index contributed by atoms with van der Waals surface area (Å²) >= 11 is 0. The quantitative estimate of drug-likeness (QED) is 0.466. The zero-order chi connectivity index (χ0) is 6.91. The molecule has 0 spiro atoms. The molecule has 1 unspecified atom stereocenters. The zero-order valence-electron chi connectivity index (χ0n) is 6.70. The Hall–Kier alpha value is 0. The van der Waals surface area contributed by atoms with Crippen LogP contribution in [-0.4, -0.2) is 0 Å². The maximum atomic E-state index is 3.42. The molecule has 2 radical (unpaired) electrons. The second-order valence-electron chi connectivity index (χ2n) is 4.10. The minimum absolute atomic E-state index is 0.539. The van der Waals surface area contributed by atoms with Crippen LogP contribution in [0.1, 0.15) is 40.0 Å². The molecule has 0 heteroatoms. The van der Waals surface area contributed by atoms with Crippen molar-refractivity contribution in [2.24, 2.45) is 11.3 Å². The number of hydrogen-bond acceptors (Lipinski definition) is 0. The molecule has 1 aliphatic carbocycles. The SMILES string of the molecule is CC1C[C]CC(C)(C)C1. The van der Waals surface area contributed by atoms with E-state index >= 15 is 0 Å². The fraction of sp³-hybridized carbons (Fsp3) is 0.889.